The number of ether oxygens (including phenoxy) is 1. The molecular weight excluding hydrogens is 301 g/mol. The fourth-order valence-corrected chi connectivity index (χ4v) is 3.88. The van der Waals surface area contributed by atoms with Crippen molar-refractivity contribution in [1.82, 2.24) is 5.32 Å². The van der Waals surface area contributed by atoms with Gasteiger partial charge in [0.1, 0.15) is 5.75 Å². The zero-order valence-corrected chi connectivity index (χ0v) is 15.8. The van der Waals surface area contributed by atoms with Crippen LogP contribution in [0.5, 0.6) is 5.75 Å². The second-order valence-electron chi connectivity index (χ2n) is 8.16. The summed E-state index contributed by atoms with van der Waals surface area (Å²) < 4.78 is 18.2. The number of benzene rings is 1. The molecule has 5 heteroatoms. The molecule has 2 aliphatic rings. The van der Waals surface area contributed by atoms with Gasteiger partial charge < -0.3 is 19.4 Å². The minimum Gasteiger partial charge on any atom is -0.497 e. The summed E-state index contributed by atoms with van der Waals surface area (Å²) in [5, 5.41) is 3.44. The van der Waals surface area contributed by atoms with Crippen LogP contribution in [0.15, 0.2) is 24.3 Å². The van der Waals surface area contributed by atoms with Crippen LogP contribution in [0.1, 0.15) is 52.5 Å². The quantitative estimate of drug-likeness (QED) is 0.837. The molecule has 2 aliphatic heterocycles. The Kier molecular flexibility index (Phi) is 4.48. The first-order valence-corrected chi connectivity index (χ1v) is 8.96. The average Bonchev–Trinajstić information content (AvgIpc) is 2.71. The van der Waals surface area contributed by atoms with E-state index < -0.39 is 0 Å². The molecule has 2 saturated heterocycles. The Balaban J connectivity index is 1.91. The molecule has 3 rings (SSSR count). The predicted octanol–water partition coefficient (Wildman–Crippen LogP) is 3.62. The first-order chi connectivity index (χ1) is 11.3. The van der Waals surface area contributed by atoms with Crippen molar-refractivity contribution in [2.24, 2.45) is 0 Å². The number of methoxy groups -OCH3 is 1. The molecule has 0 aromatic heterocycles. The van der Waals surface area contributed by atoms with Crippen LogP contribution in [0.3, 0.4) is 0 Å². The molecule has 1 N–H and O–H groups in total. The van der Waals surface area contributed by atoms with E-state index in [1.165, 1.54) is 5.56 Å². The summed E-state index contributed by atoms with van der Waals surface area (Å²) in [6.07, 6.45) is 1.05. The van der Waals surface area contributed by atoms with E-state index in [9.17, 15) is 0 Å². The summed E-state index contributed by atoms with van der Waals surface area (Å²) in [7, 11) is 1.52. The third-order valence-electron chi connectivity index (χ3n) is 6.25. The first kappa shape index (κ1) is 17.8. The van der Waals surface area contributed by atoms with Crippen molar-refractivity contribution >= 4 is 7.12 Å². The van der Waals surface area contributed by atoms with Gasteiger partial charge in [-0.1, -0.05) is 19.1 Å². The van der Waals surface area contributed by atoms with Crippen LogP contribution < -0.4 is 10.1 Å². The lowest BCUT2D eigenvalue weighted by Gasteiger charge is -2.49. The van der Waals surface area contributed by atoms with Crippen LogP contribution >= 0.6 is 0 Å². The predicted molar refractivity (Wildman–Crippen MR) is 97.7 cm³/mol. The van der Waals surface area contributed by atoms with Gasteiger partial charge in [-0.3, -0.25) is 0 Å². The average molecular weight is 331 g/mol. The summed E-state index contributed by atoms with van der Waals surface area (Å²) in [5.41, 5.74) is 0.742. The van der Waals surface area contributed by atoms with E-state index in [1.807, 2.05) is 12.1 Å². The van der Waals surface area contributed by atoms with Crippen molar-refractivity contribution in [3.05, 3.63) is 29.8 Å². The van der Waals surface area contributed by atoms with Gasteiger partial charge in [-0.2, -0.15) is 0 Å². The van der Waals surface area contributed by atoms with Crippen LogP contribution in [-0.2, 0) is 9.31 Å². The molecule has 0 saturated carbocycles. The van der Waals surface area contributed by atoms with Gasteiger partial charge in [0.25, 0.3) is 0 Å². The lowest BCUT2D eigenvalue weighted by Crippen LogP contribution is -2.60. The van der Waals surface area contributed by atoms with Crippen molar-refractivity contribution in [2.75, 3.05) is 20.2 Å². The highest BCUT2D eigenvalue weighted by Crippen LogP contribution is 2.55. The lowest BCUT2D eigenvalue weighted by atomic mass is 9.46. The minimum atomic E-state index is -0.293. The summed E-state index contributed by atoms with van der Waals surface area (Å²) in [4.78, 5) is 0. The molecule has 2 fully saturated rings. The summed E-state index contributed by atoms with van der Waals surface area (Å²) in [5.74, 6) is 1.28. The zero-order valence-electron chi connectivity index (χ0n) is 15.8. The molecule has 1 aromatic rings. The molecular formula is C19H30BNO3. The summed E-state index contributed by atoms with van der Waals surface area (Å²) in [6, 6.07) is 8.45. The van der Waals surface area contributed by atoms with Crippen molar-refractivity contribution in [1.29, 1.82) is 0 Å². The molecule has 0 aliphatic carbocycles. The molecule has 1 atom stereocenters. The fourth-order valence-electron chi connectivity index (χ4n) is 3.88. The molecule has 1 unspecified atom stereocenters. The molecule has 0 amide bonds. The van der Waals surface area contributed by atoms with Crippen molar-refractivity contribution in [3.63, 3.8) is 0 Å². The van der Waals surface area contributed by atoms with Crippen LogP contribution in [0.2, 0.25) is 5.31 Å². The SMILES string of the molecule is CCC(c1ccc(OC)cc1)C1(B2OC(C)(C)C(C)(C)O2)CNC1. The Bertz CT molecular complexity index is 565. The van der Waals surface area contributed by atoms with Gasteiger partial charge in [-0.05, 0) is 57.7 Å². The Morgan fingerprint density at radius 3 is 2.00 bits per heavy atom. The fraction of sp³-hybridized carbons (Fsp3) is 0.684. The van der Waals surface area contributed by atoms with Gasteiger partial charge in [0.05, 0.1) is 18.3 Å². The smallest absolute Gasteiger partial charge is 0.467 e. The number of hydrogen-bond acceptors (Lipinski definition) is 4. The summed E-state index contributed by atoms with van der Waals surface area (Å²) in [6.45, 7) is 12.6. The maximum Gasteiger partial charge on any atom is 0.467 e. The van der Waals surface area contributed by atoms with E-state index in [4.69, 9.17) is 14.0 Å². The summed E-state index contributed by atoms with van der Waals surface area (Å²) >= 11 is 0. The van der Waals surface area contributed by atoms with E-state index >= 15 is 0 Å². The van der Waals surface area contributed by atoms with Crippen LogP contribution in [-0.4, -0.2) is 38.5 Å². The minimum absolute atomic E-state index is 0.0195. The number of hydrogen-bond donors (Lipinski definition) is 1. The number of rotatable bonds is 5. The van der Waals surface area contributed by atoms with E-state index in [0.717, 1.165) is 25.3 Å². The Morgan fingerprint density at radius 1 is 1.08 bits per heavy atom. The second-order valence-corrected chi connectivity index (χ2v) is 8.16. The third-order valence-corrected chi connectivity index (χ3v) is 6.25. The highest BCUT2D eigenvalue weighted by atomic mass is 16.7. The van der Waals surface area contributed by atoms with Crippen molar-refractivity contribution in [3.8, 4) is 5.75 Å². The molecule has 2 heterocycles. The molecule has 1 aromatic carbocycles. The van der Waals surface area contributed by atoms with Gasteiger partial charge in [0.2, 0.25) is 0 Å². The normalized spacial score (nSPS) is 25.2. The van der Waals surface area contributed by atoms with E-state index in [2.05, 4.69) is 52.1 Å². The maximum absolute atomic E-state index is 6.43. The van der Waals surface area contributed by atoms with Gasteiger partial charge in [-0.15, -0.1) is 0 Å². The van der Waals surface area contributed by atoms with Crippen LogP contribution in [0, 0.1) is 0 Å². The van der Waals surface area contributed by atoms with Crippen LogP contribution in [0.4, 0.5) is 0 Å². The first-order valence-electron chi connectivity index (χ1n) is 8.96. The highest BCUT2D eigenvalue weighted by Gasteiger charge is 2.63. The highest BCUT2D eigenvalue weighted by molar-refractivity contribution is 6.50. The van der Waals surface area contributed by atoms with E-state index in [-0.39, 0.29) is 23.6 Å². The largest absolute Gasteiger partial charge is 0.497 e. The molecule has 4 nitrogen and oxygen atoms in total. The molecule has 132 valence electrons. The maximum atomic E-state index is 6.43. The van der Waals surface area contributed by atoms with Gasteiger partial charge >= 0.3 is 7.12 Å². The van der Waals surface area contributed by atoms with E-state index in [1.54, 1.807) is 7.11 Å². The van der Waals surface area contributed by atoms with Gasteiger partial charge in [0, 0.05) is 18.4 Å². The van der Waals surface area contributed by atoms with Crippen molar-refractivity contribution in [2.45, 2.75) is 63.5 Å². The van der Waals surface area contributed by atoms with Gasteiger partial charge in [-0.25, -0.2) is 0 Å². The van der Waals surface area contributed by atoms with Crippen molar-refractivity contribution < 1.29 is 14.0 Å². The number of nitrogens with one attached hydrogen (secondary N) is 1. The molecule has 0 spiro atoms. The van der Waals surface area contributed by atoms with Crippen LogP contribution in [0.25, 0.3) is 0 Å². The molecule has 24 heavy (non-hydrogen) atoms. The standard InChI is InChI=1S/C19H30BNO3/c1-7-16(14-8-10-15(22-6)11-9-14)19(12-21-13-19)20-23-17(2,3)18(4,5)24-20/h8-11,16,21H,7,12-13H2,1-6H3. The Morgan fingerprint density at radius 2 is 1.62 bits per heavy atom. The Hall–Kier alpha value is -1.04. The third kappa shape index (κ3) is 2.67. The second kappa shape index (κ2) is 6.04. The monoisotopic (exact) mass is 331 g/mol. The Labute approximate surface area is 146 Å². The van der Waals surface area contributed by atoms with E-state index in [0.29, 0.717) is 5.92 Å². The molecule has 0 bridgehead atoms. The topological polar surface area (TPSA) is 39.7 Å². The lowest BCUT2D eigenvalue weighted by molar-refractivity contribution is 0.00578. The zero-order chi connectivity index (χ0) is 17.6. The van der Waals surface area contributed by atoms with Gasteiger partial charge in [0.15, 0.2) is 0 Å². The molecule has 0 radical (unpaired) electrons.